The van der Waals surface area contributed by atoms with Gasteiger partial charge in [-0.3, -0.25) is 0 Å². The van der Waals surface area contributed by atoms with Crippen LogP contribution in [-0.2, 0) is 5.41 Å². The highest BCUT2D eigenvalue weighted by Crippen LogP contribution is 2.64. The number of rotatable bonds is 2. The molecule has 4 bridgehead atoms. The molecule has 0 aromatic carbocycles. The molecule has 4 nitrogen and oxygen atoms in total. The molecule has 0 saturated heterocycles. The Morgan fingerprint density at radius 1 is 1.14 bits per heavy atom. The second kappa shape index (κ2) is 4.00. The average Bonchev–Trinajstić information content (AvgIpc) is 3.07. The van der Waals surface area contributed by atoms with Crippen LogP contribution in [0.2, 0.25) is 0 Å². The second-order valence-corrected chi connectivity index (χ2v) is 8.96. The first-order chi connectivity index (χ1) is 10.1. The van der Waals surface area contributed by atoms with Crippen LogP contribution >= 0.6 is 15.9 Å². The summed E-state index contributed by atoms with van der Waals surface area (Å²) in [7, 11) is 0. The van der Waals surface area contributed by atoms with Gasteiger partial charge in [-0.25, -0.2) is 0 Å². The Morgan fingerprint density at radius 3 is 2.62 bits per heavy atom. The topological polar surface area (TPSA) is 52.1 Å². The molecule has 5 heteroatoms. The second-order valence-electron chi connectivity index (χ2n) is 7.28. The third-order valence-electron chi connectivity index (χ3n) is 5.60. The Labute approximate surface area is 131 Å². The van der Waals surface area contributed by atoms with Gasteiger partial charge in [0.1, 0.15) is 0 Å². The number of aromatic nitrogens is 2. The van der Waals surface area contributed by atoms with Gasteiger partial charge >= 0.3 is 0 Å². The molecule has 4 saturated carbocycles. The van der Waals surface area contributed by atoms with Crippen molar-refractivity contribution in [3.05, 3.63) is 24.3 Å². The van der Waals surface area contributed by atoms with Crippen molar-refractivity contribution in [2.45, 2.75) is 48.3 Å². The zero-order chi connectivity index (χ0) is 14.1. The highest BCUT2D eigenvalue weighted by molar-refractivity contribution is 9.10. The van der Waals surface area contributed by atoms with Gasteiger partial charge in [-0.05, 0) is 62.5 Å². The first-order valence-electron chi connectivity index (χ1n) is 7.71. The van der Waals surface area contributed by atoms with E-state index in [9.17, 15) is 0 Å². The smallest absolute Gasteiger partial charge is 0.283 e. The zero-order valence-electron chi connectivity index (χ0n) is 11.7. The predicted molar refractivity (Wildman–Crippen MR) is 80.0 cm³/mol. The molecule has 4 aliphatic rings. The molecule has 4 atom stereocenters. The SMILES string of the molecule is BrC12C[C@H]3C[C@@H](C1)CC(c1nnc(-c4ccco4)o1)(C3)C2. The fourth-order valence-electron chi connectivity index (χ4n) is 5.34. The van der Waals surface area contributed by atoms with E-state index in [0.717, 1.165) is 24.1 Å². The van der Waals surface area contributed by atoms with Gasteiger partial charge in [0.25, 0.3) is 5.89 Å². The van der Waals surface area contributed by atoms with Crippen molar-refractivity contribution >= 4 is 15.9 Å². The van der Waals surface area contributed by atoms with Crippen molar-refractivity contribution in [2.75, 3.05) is 0 Å². The Hall–Kier alpha value is -1.10. The molecular weight excluding hydrogens is 332 g/mol. The lowest BCUT2D eigenvalue weighted by Gasteiger charge is -2.58. The molecule has 110 valence electrons. The van der Waals surface area contributed by atoms with Gasteiger partial charge in [0.15, 0.2) is 5.76 Å². The molecule has 0 radical (unpaired) electrons. The first-order valence-corrected chi connectivity index (χ1v) is 8.50. The van der Waals surface area contributed by atoms with Crippen LogP contribution in [0.25, 0.3) is 11.7 Å². The van der Waals surface area contributed by atoms with Crippen molar-refractivity contribution in [2.24, 2.45) is 11.8 Å². The minimum atomic E-state index is 0.0887. The molecule has 0 N–H and O–H groups in total. The van der Waals surface area contributed by atoms with Gasteiger partial charge in [0.05, 0.1) is 11.7 Å². The maximum absolute atomic E-state index is 6.02. The van der Waals surface area contributed by atoms with Crippen molar-refractivity contribution in [1.82, 2.24) is 10.2 Å². The number of nitrogens with zero attached hydrogens (tertiary/aromatic N) is 2. The summed E-state index contributed by atoms with van der Waals surface area (Å²) in [5.41, 5.74) is 0.0887. The molecule has 2 unspecified atom stereocenters. The van der Waals surface area contributed by atoms with Crippen molar-refractivity contribution in [3.8, 4) is 11.7 Å². The van der Waals surface area contributed by atoms with E-state index in [4.69, 9.17) is 8.83 Å². The van der Waals surface area contributed by atoms with E-state index < -0.39 is 0 Å². The van der Waals surface area contributed by atoms with Gasteiger partial charge in [-0.1, -0.05) is 15.9 Å². The lowest BCUT2D eigenvalue weighted by Crippen LogP contribution is -2.55. The molecule has 2 heterocycles. The Kier molecular flexibility index (Phi) is 2.37. The summed E-state index contributed by atoms with van der Waals surface area (Å²) in [5.74, 6) is 3.61. The van der Waals surface area contributed by atoms with Gasteiger partial charge in [-0.15, -0.1) is 10.2 Å². The van der Waals surface area contributed by atoms with E-state index in [1.54, 1.807) is 6.26 Å². The summed E-state index contributed by atoms with van der Waals surface area (Å²) < 4.78 is 11.7. The van der Waals surface area contributed by atoms with Crippen LogP contribution in [0.5, 0.6) is 0 Å². The normalized spacial score (nSPS) is 40.8. The molecular formula is C16H17BrN2O2. The predicted octanol–water partition coefficient (Wildman–Crippen LogP) is 4.31. The van der Waals surface area contributed by atoms with Crippen molar-refractivity contribution < 1.29 is 8.83 Å². The Balaban J connectivity index is 1.55. The average molecular weight is 349 g/mol. The fourth-order valence-corrected chi connectivity index (χ4v) is 6.79. The molecule has 0 amide bonds. The standard InChI is InChI=1S/C16H17BrN2O2/c17-16-7-10-4-11(8-16)6-15(5-10,9-16)14-19-18-13(21-14)12-2-1-3-20-12/h1-3,10-11H,4-9H2/t10-,11+,15?,16?. The largest absolute Gasteiger partial charge is 0.459 e. The van der Waals surface area contributed by atoms with E-state index in [0.29, 0.717) is 16.0 Å². The maximum atomic E-state index is 6.02. The third-order valence-corrected chi connectivity index (χ3v) is 6.53. The summed E-state index contributed by atoms with van der Waals surface area (Å²) in [6.07, 6.45) is 9.18. The molecule has 4 fully saturated rings. The van der Waals surface area contributed by atoms with Gasteiger partial charge < -0.3 is 8.83 Å². The Morgan fingerprint density at radius 2 is 1.95 bits per heavy atom. The number of furan rings is 1. The fraction of sp³-hybridized carbons (Fsp3) is 0.625. The molecule has 2 aromatic rings. The number of hydrogen-bond acceptors (Lipinski definition) is 4. The van der Waals surface area contributed by atoms with E-state index in [1.165, 1.54) is 32.1 Å². The molecule has 2 aromatic heterocycles. The highest BCUT2D eigenvalue weighted by Gasteiger charge is 2.59. The number of halogens is 1. The van der Waals surface area contributed by atoms with Gasteiger partial charge in [0, 0.05) is 4.32 Å². The Bertz CT molecular complexity index is 664. The summed E-state index contributed by atoms with van der Waals surface area (Å²) >= 11 is 4.03. The lowest BCUT2D eigenvalue weighted by atomic mass is 9.49. The van der Waals surface area contributed by atoms with Crippen molar-refractivity contribution in [1.29, 1.82) is 0 Å². The zero-order valence-corrected chi connectivity index (χ0v) is 13.3. The molecule has 0 spiro atoms. The minimum absolute atomic E-state index is 0.0887. The summed E-state index contributed by atoms with van der Waals surface area (Å²) in [4.78, 5) is 0. The minimum Gasteiger partial charge on any atom is -0.459 e. The quantitative estimate of drug-likeness (QED) is 0.758. The molecule has 4 aliphatic carbocycles. The summed E-state index contributed by atoms with van der Waals surface area (Å²) in [6.45, 7) is 0. The monoisotopic (exact) mass is 348 g/mol. The summed E-state index contributed by atoms with van der Waals surface area (Å²) in [6, 6.07) is 3.71. The molecule has 6 rings (SSSR count). The number of alkyl halides is 1. The third kappa shape index (κ3) is 1.79. The van der Waals surface area contributed by atoms with Crippen LogP contribution in [0, 0.1) is 11.8 Å². The van der Waals surface area contributed by atoms with Crippen LogP contribution in [0.3, 0.4) is 0 Å². The van der Waals surface area contributed by atoms with Crippen LogP contribution in [0.15, 0.2) is 27.2 Å². The van der Waals surface area contributed by atoms with Crippen LogP contribution < -0.4 is 0 Å². The molecule has 21 heavy (non-hydrogen) atoms. The van der Waals surface area contributed by atoms with E-state index in [2.05, 4.69) is 26.1 Å². The van der Waals surface area contributed by atoms with Gasteiger partial charge in [-0.2, -0.15) is 0 Å². The highest BCUT2D eigenvalue weighted by atomic mass is 79.9. The summed E-state index contributed by atoms with van der Waals surface area (Å²) in [5, 5.41) is 8.61. The number of hydrogen-bond donors (Lipinski definition) is 0. The van der Waals surface area contributed by atoms with Crippen LogP contribution in [0.4, 0.5) is 0 Å². The molecule has 0 aliphatic heterocycles. The van der Waals surface area contributed by atoms with Crippen molar-refractivity contribution in [3.63, 3.8) is 0 Å². The lowest BCUT2D eigenvalue weighted by molar-refractivity contribution is 0.00129. The first kappa shape index (κ1) is 12.4. The van der Waals surface area contributed by atoms with Crippen LogP contribution in [0.1, 0.15) is 44.4 Å². The van der Waals surface area contributed by atoms with E-state index in [-0.39, 0.29) is 5.41 Å². The maximum Gasteiger partial charge on any atom is 0.283 e. The van der Waals surface area contributed by atoms with Gasteiger partial charge in [0.2, 0.25) is 5.89 Å². The van der Waals surface area contributed by atoms with E-state index >= 15 is 0 Å². The van der Waals surface area contributed by atoms with Crippen LogP contribution in [-0.4, -0.2) is 14.5 Å². The van der Waals surface area contributed by atoms with E-state index in [1.807, 2.05) is 12.1 Å².